The second kappa shape index (κ2) is 6.79. The molecule has 1 saturated heterocycles. The van der Waals surface area contributed by atoms with Gasteiger partial charge in [-0.05, 0) is 42.4 Å². The van der Waals surface area contributed by atoms with Crippen molar-refractivity contribution in [1.82, 2.24) is 9.88 Å². The molecular weight excluding hydrogens is 350 g/mol. The van der Waals surface area contributed by atoms with Crippen molar-refractivity contribution in [2.45, 2.75) is 26.2 Å². The van der Waals surface area contributed by atoms with Crippen LogP contribution in [0.5, 0.6) is 11.5 Å². The molecule has 2 aliphatic heterocycles. The number of hydrogen-bond acceptors (Lipinski definition) is 6. The average molecular weight is 373 g/mol. The Morgan fingerprint density at radius 1 is 1.38 bits per heavy atom. The number of aromatic nitrogens is 1. The second-order valence-corrected chi connectivity index (χ2v) is 8.15. The highest BCUT2D eigenvalue weighted by atomic mass is 32.1. The maximum absolute atomic E-state index is 12.8. The topological polar surface area (TPSA) is 63.7 Å². The van der Waals surface area contributed by atoms with Crippen LogP contribution in [-0.4, -0.2) is 42.7 Å². The zero-order chi connectivity index (χ0) is 18.1. The molecule has 3 heterocycles. The van der Waals surface area contributed by atoms with Gasteiger partial charge in [0.25, 0.3) is 5.91 Å². The van der Waals surface area contributed by atoms with E-state index in [1.54, 1.807) is 0 Å². The number of likely N-dealkylation sites (tertiary alicyclic amines) is 1. The van der Waals surface area contributed by atoms with Crippen LogP contribution in [0, 0.1) is 5.41 Å². The molecule has 6 nitrogen and oxygen atoms in total. The van der Waals surface area contributed by atoms with E-state index in [2.05, 4.69) is 29.4 Å². The normalized spacial score (nSPS) is 21.7. The lowest BCUT2D eigenvalue weighted by atomic mass is 9.77. The molecule has 0 radical (unpaired) electrons. The summed E-state index contributed by atoms with van der Waals surface area (Å²) >= 11 is 1.46. The van der Waals surface area contributed by atoms with Crippen molar-refractivity contribution < 1.29 is 14.3 Å². The molecule has 1 fully saturated rings. The van der Waals surface area contributed by atoms with Gasteiger partial charge >= 0.3 is 0 Å². The number of piperidine rings is 1. The number of anilines is 1. The van der Waals surface area contributed by atoms with Crippen LogP contribution >= 0.6 is 11.3 Å². The Bertz CT molecular complexity index is 822. The summed E-state index contributed by atoms with van der Waals surface area (Å²) < 4.78 is 10.9. The molecule has 2 aliphatic rings. The molecule has 138 valence electrons. The van der Waals surface area contributed by atoms with Crippen molar-refractivity contribution >= 4 is 22.4 Å². The van der Waals surface area contributed by atoms with Gasteiger partial charge in [-0.25, -0.2) is 4.98 Å². The summed E-state index contributed by atoms with van der Waals surface area (Å²) in [6.07, 6.45) is 3.02. The van der Waals surface area contributed by atoms with E-state index in [4.69, 9.17) is 9.47 Å². The van der Waals surface area contributed by atoms with Crippen LogP contribution in [0.4, 0.5) is 5.13 Å². The quantitative estimate of drug-likeness (QED) is 0.890. The summed E-state index contributed by atoms with van der Waals surface area (Å²) in [4.78, 5) is 19.1. The van der Waals surface area contributed by atoms with Crippen molar-refractivity contribution in [2.24, 2.45) is 5.41 Å². The standard InChI is InChI=1S/C19H23N3O3S/c1-19(9-13-4-5-15-16(8-13)25-12-24-15)6-3-7-22(11-19)17(23)14-10-26-18(20-2)21-14/h4-5,8,10H,3,6-7,9,11-12H2,1-2H3,(H,20,21)/t19-/m0/s1. The van der Waals surface area contributed by atoms with Gasteiger partial charge in [-0.1, -0.05) is 13.0 Å². The van der Waals surface area contributed by atoms with Gasteiger partial charge in [0.15, 0.2) is 16.6 Å². The Labute approximate surface area is 157 Å². The van der Waals surface area contributed by atoms with Crippen molar-refractivity contribution in [3.05, 3.63) is 34.8 Å². The minimum Gasteiger partial charge on any atom is -0.454 e. The zero-order valence-electron chi connectivity index (χ0n) is 15.1. The lowest BCUT2D eigenvalue weighted by molar-refractivity contribution is 0.0546. The molecule has 2 aromatic rings. The van der Waals surface area contributed by atoms with E-state index in [1.165, 1.54) is 16.9 Å². The van der Waals surface area contributed by atoms with Crippen LogP contribution in [-0.2, 0) is 6.42 Å². The predicted molar refractivity (Wildman–Crippen MR) is 101 cm³/mol. The molecule has 1 amide bonds. The Morgan fingerprint density at radius 3 is 3.04 bits per heavy atom. The first-order valence-electron chi connectivity index (χ1n) is 8.87. The first-order chi connectivity index (χ1) is 12.6. The van der Waals surface area contributed by atoms with Crippen molar-refractivity contribution in [3.63, 3.8) is 0 Å². The number of fused-ring (bicyclic) bond motifs is 1. The minimum atomic E-state index is 0.0272. The second-order valence-electron chi connectivity index (χ2n) is 7.29. The molecule has 0 saturated carbocycles. The van der Waals surface area contributed by atoms with Crippen LogP contribution < -0.4 is 14.8 Å². The van der Waals surface area contributed by atoms with Gasteiger partial charge in [-0.3, -0.25) is 4.79 Å². The van der Waals surface area contributed by atoms with Gasteiger partial charge in [-0.15, -0.1) is 11.3 Å². The molecule has 1 aromatic heterocycles. The molecule has 0 aliphatic carbocycles. The van der Waals surface area contributed by atoms with E-state index in [0.29, 0.717) is 12.5 Å². The Kier molecular flexibility index (Phi) is 4.48. The average Bonchev–Trinajstić information content (AvgIpc) is 3.29. The minimum absolute atomic E-state index is 0.0272. The number of carbonyl (C=O) groups is 1. The number of benzene rings is 1. The van der Waals surface area contributed by atoms with E-state index in [-0.39, 0.29) is 11.3 Å². The van der Waals surface area contributed by atoms with Gasteiger partial charge in [-0.2, -0.15) is 0 Å². The molecule has 0 spiro atoms. The van der Waals surface area contributed by atoms with Gasteiger partial charge in [0, 0.05) is 25.5 Å². The zero-order valence-corrected chi connectivity index (χ0v) is 15.9. The van der Waals surface area contributed by atoms with Gasteiger partial charge in [0.2, 0.25) is 6.79 Å². The van der Waals surface area contributed by atoms with Crippen LogP contribution in [0.25, 0.3) is 0 Å². The molecule has 26 heavy (non-hydrogen) atoms. The van der Waals surface area contributed by atoms with Crippen LogP contribution in [0.15, 0.2) is 23.6 Å². The number of hydrogen-bond donors (Lipinski definition) is 1. The fourth-order valence-corrected chi connectivity index (χ4v) is 4.47. The number of nitrogens with one attached hydrogen (secondary N) is 1. The summed E-state index contributed by atoms with van der Waals surface area (Å²) in [6.45, 7) is 4.09. The highest BCUT2D eigenvalue weighted by Gasteiger charge is 2.34. The SMILES string of the molecule is CNc1nc(C(=O)N2CCC[C@@](C)(Cc3ccc4c(c3)OCO4)C2)cs1. The highest BCUT2D eigenvalue weighted by Crippen LogP contribution is 2.38. The smallest absolute Gasteiger partial charge is 0.273 e. The summed E-state index contributed by atoms with van der Waals surface area (Å²) in [5, 5.41) is 5.59. The summed E-state index contributed by atoms with van der Waals surface area (Å²) in [5.74, 6) is 1.65. The Morgan fingerprint density at radius 2 is 2.23 bits per heavy atom. The maximum atomic E-state index is 12.8. The van der Waals surface area contributed by atoms with Crippen LogP contribution in [0.1, 0.15) is 35.8 Å². The van der Waals surface area contributed by atoms with Gasteiger partial charge in [0.1, 0.15) is 5.69 Å². The third-order valence-electron chi connectivity index (χ3n) is 5.07. The predicted octanol–water partition coefficient (Wildman–Crippen LogP) is 3.40. The Balaban J connectivity index is 1.47. The number of amides is 1. The lowest BCUT2D eigenvalue weighted by Gasteiger charge is -2.40. The number of rotatable bonds is 4. The molecule has 1 N–H and O–H groups in total. The number of nitrogens with zero attached hydrogens (tertiary/aromatic N) is 2. The van der Waals surface area contributed by atoms with Crippen LogP contribution in [0.2, 0.25) is 0 Å². The number of ether oxygens (including phenoxy) is 2. The van der Waals surface area contributed by atoms with E-state index in [9.17, 15) is 4.79 Å². The molecule has 0 unspecified atom stereocenters. The van der Waals surface area contributed by atoms with Crippen molar-refractivity contribution in [2.75, 3.05) is 32.2 Å². The van der Waals surface area contributed by atoms with Crippen molar-refractivity contribution in [3.8, 4) is 11.5 Å². The number of thiazole rings is 1. The van der Waals surface area contributed by atoms with Gasteiger partial charge in [0.05, 0.1) is 0 Å². The van der Waals surface area contributed by atoms with E-state index >= 15 is 0 Å². The third-order valence-corrected chi connectivity index (χ3v) is 5.93. The molecule has 4 rings (SSSR count). The first kappa shape index (κ1) is 17.1. The molecule has 7 heteroatoms. The monoisotopic (exact) mass is 373 g/mol. The fourth-order valence-electron chi connectivity index (χ4n) is 3.83. The molecule has 1 aromatic carbocycles. The van der Waals surface area contributed by atoms with E-state index < -0.39 is 0 Å². The van der Waals surface area contributed by atoms with Crippen molar-refractivity contribution in [1.29, 1.82) is 0 Å². The first-order valence-corrected chi connectivity index (χ1v) is 9.75. The third kappa shape index (κ3) is 3.35. The Hall–Kier alpha value is -2.28. The van der Waals surface area contributed by atoms with Gasteiger partial charge < -0.3 is 19.7 Å². The molecule has 0 bridgehead atoms. The lowest BCUT2D eigenvalue weighted by Crippen LogP contribution is -2.45. The molecule has 1 atom stereocenters. The fraction of sp³-hybridized carbons (Fsp3) is 0.474. The van der Waals surface area contributed by atoms with Crippen LogP contribution in [0.3, 0.4) is 0 Å². The van der Waals surface area contributed by atoms with E-state index in [0.717, 1.165) is 49.0 Å². The summed E-state index contributed by atoms with van der Waals surface area (Å²) in [6, 6.07) is 6.13. The maximum Gasteiger partial charge on any atom is 0.273 e. The summed E-state index contributed by atoms with van der Waals surface area (Å²) in [5.41, 5.74) is 1.80. The number of carbonyl (C=O) groups excluding carboxylic acids is 1. The highest BCUT2D eigenvalue weighted by molar-refractivity contribution is 7.13. The molecular formula is C19H23N3O3S. The van der Waals surface area contributed by atoms with E-state index in [1.807, 2.05) is 23.4 Å². The largest absolute Gasteiger partial charge is 0.454 e. The summed E-state index contributed by atoms with van der Waals surface area (Å²) in [7, 11) is 1.82.